The minimum atomic E-state index is 0.179. The number of nitrogens with zero attached hydrogens (tertiary/aromatic N) is 1. The van der Waals surface area contributed by atoms with Crippen molar-refractivity contribution in [2.75, 3.05) is 25.0 Å². The molecule has 19 heavy (non-hydrogen) atoms. The minimum Gasteiger partial charge on any atom is -0.383 e. The van der Waals surface area contributed by atoms with Gasteiger partial charge in [0, 0.05) is 26.1 Å². The number of halogens is 1. The zero-order chi connectivity index (χ0) is 14.4. The molecule has 0 aromatic heterocycles. The van der Waals surface area contributed by atoms with Gasteiger partial charge in [0.05, 0.1) is 10.7 Å². The Kier molecular flexibility index (Phi) is 6.16. The van der Waals surface area contributed by atoms with E-state index in [9.17, 15) is 4.79 Å². The van der Waals surface area contributed by atoms with E-state index < -0.39 is 0 Å². The van der Waals surface area contributed by atoms with Gasteiger partial charge in [0.1, 0.15) is 0 Å². The molecular weight excluding hydrogens is 260 g/mol. The molecule has 0 heterocycles. The van der Waals surface area contributed by atoms with Gasteiger partial charge in [-0.3, -0.25) is 4.79 Å². The number of benzene rings is 1. The summed E-state index contributed by atoms with van der Waals surface area (Å²) in [5.41, 5.74) is 3.19. The Labute approximate surface area is 120 Å². The van der Waals surface area contributed by atoms with Crippen LogP contribution in [0.5, 0.6) is 0 Å². The first kappa shape index (κ1) is 15.8. The molecule has 1 aromatic rings. The van der Waals surface area contributed by atoms with E-state index in [0.717, 1.165) is 29.9 Å². The van der Waals surface area contributed by atoms with E-state index >= 15 is 0 Å². The Balaban J connectivity index is 2.57. The number of hydrogen-bond acceptors (Lipinski definition) is 2. The third-order valence-electron chi connectivity index (χ3n) is 3.19. The lowest BCUT2D eigenvalue weighted by atomic mass is 10.1. The van der Waals surface area contributed by atoms with Crippen molar-refractivity contribution in [1.82, 2.24) is 4.90 Å². The number of carbonyl (C=O) groups is 1. The molecule has 0 fully saturated rings. The summed E-state index contributed by atoms with van der Waals surface area (Å²) in [6, 6.07) is 4.02. The van der Waals surface area contributed by atoms with Crippen LogP contribution in [0.3, 0.4) is 0 Å². The molecule has 1 rings (SSSR count). The van der Waals surface area contributed by atoms with Crippen molar-refractivity contribution in [2.24, 2.45) is 0 Å². The third-order valence-corrected chi connectivity index (χ3v) is 3.49. The summed E-state index contributed by atoms with van der Waals surface area (Å²) < 4.78 is 0. The predicted octanol–water partition coefficient (Wildman–Crippen LogP) is 3.63. The monoisotopic (exact) mass is 282 g/mol. The SMILES string of the molecule is CCN(CC)C(=O)CCNc1c(C)cc(C)cc1Cl. The van der Waals surface area contributed by atoms with Gasteiger partial charge in [0.15, 0.2) is 0 Å². The van der Waals surface area contributed by atoms with Crippen LogP contribution in [0.2, 0.25) is 5.02 Å². The smallest absolute Gasteiger partial charge is 0.224 e. The topological polar surface area (TPSA) is 32.3 Å². The fourth-order valence-electron chi connectivity index (χ4n) is 2.17. The van der Waals surface area contributed by atoms with Gasteiger partial charge in [-0.05, 0) is 44.9 Å². The summed E-state index contributed by atoms with van der Waals surface area (Å²) in [7, 11) is 0. The van der Waals surface area contributed by atoms with Crippen LogP contribution in [0.25, 0.3) is 0 Å². The zero-order valence-corrected chi connectivity index (χ0v) is 13.0. The molecule has 0 radical (unpaired) electrons. The molecule has 3 nitrogen and oxygen atoms in total. The molecular formula is C15H23ClN2O. The standard InChI is InChI=1S/C15H23ClN2O/c1-5-18(6-2)14(19)7-8-17-15-12(4)9-11(3)10-13(15)16/h9-10,17H,5-8H2,1-4H3. The Morgan fingerprint density at radius 3 is 2.42 bits per heavy atom. The van der Waals surface area contributed by atoms with Crippen molar-refractivity contribution >= 4 is 23.2 Å². The van der Waals surface area contributed by atoms with Gasteiger partial charge in [0.2, 0.25) is 5.91 Å². The molecule has 0 aliphatic carbocycles. The highest BCUT2D eigenvalue weighted by Gasteiger charge is 2.10. The van der Waals surface area contributed by atoms with Crippen molar-refractivity contribution < 1.29 is 4.79 Å². The van der Waals surface area contributed by atoms with E-state index in [-0.39, 0.29) is 5.91 Å². The number of carbonyl (C=O) groups excluding carboxylic acids is 1. The van der Waals surface area contributed by atoms with Crippen LogP contribution in [-0.4, -0.2) is 30.4 Å². The van der Waals surface area contributed by atoms with Crippen molar-refractivity contribution in [3.05, 3.63) is 28.3 Å². The van der Waals surface area contributed by atoms with Crippen LogP contribution in [0.15, 0.2) is 12.1 Å². The fourth-order valence-corrected chi connectivity index (χ4v) is 2.56. The highest BCUT2D eigenvalue weighted by Crippen LogP contribution is 2.27. The van der Waals surface area contributed by atoms with Crippen molar-refractivity contribution in [1.29, 1.82) is 0 Å². The number of hydrogen-bond donors (Lipinski definition) is 1. The van der Waals surface area contributed by atoms with Crippen LogP contribution in [0, 0.1) is 13.8 Å². The van der Waals surface area contributed by atoms with Crippen molar-refractivity contribution in [3.63, 3.8) is 0 Å². The average Bonchev–Trinajstić information content (AvgIpc) is 2.34. The maximum atomic E-state index is 11.9. The van der Waals surface area contributed by atoms with E-state index in [1.807, 2.05) is 38.7 Å². The summed E-state index contributed by atoms with van der Waals surface area (Å²) in [4.78, 5) is 13.7. The van der Waals surface area contributed by atoms with Crippen LogP contribution >= 0.6 is 11.6 Å². The lowest BCUT2D eigenvalue weighted by Gasteiger charge is -2.19. The van der Waals surface area contributed by atoms with Gasteiger partial charge in [0.25, 0.3) is 0 Å². The minimum absolute atomic E-state index is 0.179. The highest BCUT2D eigenvalue weighted by molar-refractivity contribution is 6.33. The van der Waals surface area contributed by atoms with E-state index in [0.29, 0.717) is 18.0 Å². The van der Waals surface area contributed by atoms with E-state index in [1.54, 1.807) is 0 Å². The normalized spacial score (nSPS) is 10.4. The number of anilines is 1. The fraction of sp³-hybridized carbons (Fsp3) is 0.533. The molecule has 0 aliphatic heterocycles. The summed E-state index contributed by atoms with van der Waals surface area (Å²) in [6.45, 7) is 10.2. The number of rotatable bonds is 6. The number of nitrogens with one attached hydrogen (secondary N) is 1. The van der Waals surface area contributed by atoms with Gasteiger partial charge < -0.3 is 10.2 Å². The summed E-state index contributed by atoms with van der Waals surface area (Å²) in [5.74, 6) is 0.179. The Morgan fingerprint density at radius 1 is 1.26 bits per heavy atom. The molecule has 4 heteroatoms. The zero-order valence-electron chi connectivity index (χ0n) is 12.2. The highest BCUT2D eigenvalue weighted by atomic mass is 35.5. The van der Waals surface area contributed by atoms with Gasteiger partial charge in [-0.15, -0.1) is 0 Å². The third kappa shape index (κ3) is 4.43. The number of amides is 1. The van der Waals surface area contributed by atoms with Gasteiger partial charge in [-0.1, -0.05) is 17.7 Å². The van der Waals surface area contributed by atoms with Crippen LogP contribution in [0.1, 0.15) is 31.4 Å². The summed E-state index contributed by atoms with van der Waals surface area (Å²) >= 11 is 6.21. The quantitative estimate of drug-likeness (QED) is 0.864. The van der Waals surface area contributed by atoms with E-state index in [4.69, 9.17) is 11.6 Å². The maximum absolute atomic E-state index is 11.9. The Morgan fingerprint density at radius 2 is 1.89 bits per heavy atom. The molecule has 106 valence electrons. The van der Waals surface area contributed by atoms with Crippen LogP contribution < -0.4 is 5.32 Å². The molecule has 1 N–H and O–H groups in total. The molecule has 0 atom stereocenters. The van der Waals surface area contributed by atoms with Gasteiger partial charge in [-0.2, -0.15) is 0 Å². The lowest BCUT2D eigenvalue weighted by molar-refractivity contribution is -0.130. The molecule has 0 saturated heterocycles. The second-order valence-electron chi connectivity index (χ2n) is 4.68. The van der Waals surface area contributed by atoms with E-state index in [2.05, 4.69) is 11.4 Å². The molecule has 1 amide bonds. The van der Waals surface area contributed by atoms with Gasteiger partial charge >= 0.3 is 0 Å². The predicted molar refractivity (Wildman–Crippen MR) is 82.0 cm³/mol. The number of aryl methyl sites for hydroxylation is 2. The Hall–Kier alpha value is -1.22. The van der Waals surface area contributed by atoms with E-state index in [1.165, 1.54) is 0 Å². The first-order valence-electron chi connectivity index (χ1n) is 6.78. The van der Waals surface area contributed by atoms with Gasteiger partial charge in [-0.25, -0.2) is 0 Å². The lowest BCUT2D eigenvalue weighted by Crippen LogP contribution is -2.31. The molecule has 0 bridgehead atoms. The first-order chi connectivity index (χ1) is 8.99. The molecule has 0 aliphatic rings. The molecule has 1 aromatic carbocycles. The molecule has 0 unspecified atom stereocenters. The van der Waals surface area contributed by atoms with Crippen LogP contribution in [0.4, 0.5) is 5.69 Å². The second-order valence-corrected chi connectivity index (χ2v) is 5.09. The Bertz CT molecular complexity index is 419. The maximum Gasteiger partial charge on any atom is 0.224 e. The summed E-state index contributed by atoms with van der Waals surface area (Å²) in [5, 5.41) is 3.98. The largest absolute Gasteiger partial charge is 0.383 e. The van der Waals surface area contributed by atoms with Crippen molar-refractivity contribution in [2.45, 2.75) is 34.1 Å². The average molecular weight is 283 g/mol. The molecule has 0 spiro atoms. The molecule has 0 saturated carbocycles. The van der Waals surface area contributed by atoms with Crippen molar-refractivity contribution in [3.8, 4) is 0 Å². The second kappa shape index (κ2) is 7.39. The summed E-state index contributed by atoms with van der Waals surface area (Å²) in [6.07, 6.45) is 0.491. The van der Waals surface area contributed by atoms with Crippen LogP contribution in [-0.2, 0) is 4.79 Å². The first-order valence-corrected chi connectivity index (χ1v) is 7.15.